The van der Waals surface area contributed by atoms with Crippen LogP contribution in [0.25, 0.3) is 0 Å². The first-order valence-corrected chi connectivity index (χ1v) is 8.48. The van der Waals surface area contributed by atoms with Crippen molar-refractivity contribution in [3.63, 3.8) is 0 Å². The predicted octanol–water partition coefficient (Wildman–Crippen LogP) is 4.14. The minimum atomic E-state index is 0.154. The lowest BCUT2D eigenvalue weighted by atomic mass is 9.78. The third-order valence-electron chi connectivity index (χ3n) is 5.66. The van der Waals surface area contributed by atoms with E-state index in [9.17, 15) is 0 Å². The van der Waals surface area contributed by atoms with Crippen LogP contribution in [0.5, 0.6) is 0 Å². The van der Waals surface area contributed by atoms with E-state index >= 15 is 0 Å². The largest absolute Gasteiger partial charge is 0.375 e. The van der Waals surface area contributed by atoms with Crippen LogP contribution in [0, 0.1) is 11.8 Å². The number of hydrogen-bond donors (Lipinski definition) is 1. The van der Waals surface area contributed by atoms with Crippen LogP contribution in [0.4, 0.5) is 0 Å². The minimum Gasteiger partial charge on any atom is -0.375 e. The van der Waals surface area contributed by atoms with E-state index in [1.807, 2.05) is 0 Å². The van der Waals surface area contributed by atoms with E-state index in [0.717, 1.165) is 37.3 Å². The van der Waals surface area contributed by atoms with Crippen LogP contribution < -0.4 is 5.32 Å². The van der Waals surface area contributed by atoms with Gasteiger partial charge in [-0.15, -0.1) is 0 Å². The van der Waals surface area contributed by atoms with Gasteiger partial charge in [-0.25, -0.2) is 0 Å². The molecule has 2 heteroatoms. The Morgan fingerprint density at radius 3 is 2.47 bits per heavy atom. The molecule has 2 fully saturated rings. The van der Waals surface area contributed by atoms with Gasteiger partial charge in [-0.05, 0) is 56.8 Å². The molecular weight excluding hydrogens is 234 g/mol. The summed E-state index contributed by atoms with van der Waals surface area (Å²) < 4.78 is 6.09. The maximum absolute atomic E-state index is 6.09. The molecule has 1 saturated heterocycles. The molecule has 0 bridgehead atoms. The quantitative estimate of drug-likeness (QED) is 0.826. The fourth-order valence-electron chi connectivity index (χ4n) is 4.13. The summed E-state index contributed by atoms with van der Waals surface area (Å²) in [4.78, 5) is 0. The molecule has 2 nitrogen and oxygen atoms in total. The molecule has 0 aromatic carbocycles. The minimum absolute atomic E-state index is 0.154. The highest BCUT2D eigenvalue weighted by Gasteiger charge is 2.36. The van der Waals surface area contributed by atoms with E-state index in [0.29, 0.717) is 6.04 Å². The van der Waals surface area contributed by atoms with Crippen LogP contribution in [0.3, 0.4) is 0 Å². The summed E-state index contributed by atoms with van der Waals surface area (Å²) in [6.07, 6.45) is 8.87. The molecule has 1 N–H and O–H groups in total. The molecule has 19 heavy (non-hydrogen) atoms. The third-order valence-corrected chi connectivity index (χ3v) is 5.66. The van der Waals surface area contributed by atoms with Crippen LogP contribution in [0.1, 0.15) is 72.6 Å². The van der Waals surface area contributed by atoms with Crippen molar-refractivity contribution < 1.29 is 4.74 Å². The maximum atomic E-state index is 6.09. The SMILES string of the molecule is CCC1(CC)CC(NC2CCC(C)CC2C)CCO1. The monoisotopic (exact) mass is 267 g/mol. The van der Waals surface area contributed by atoms with Gasteiger partial charge in [-0.1, -0.05) is 27.7 Å². The van der Waals surface area contributed by atoms with Gasteiger partial charge in [0.15, 0.2) is 0 Å². The van der Waals surface area contributed by atoms with Gasteiger partial charge < -0.3 is 10.1 Å². The van der Waals surface area contributed by atoms with E-state index in [1.165, 1.54) is 32.1 Å². The van der Waals surface area contributed by atoms with Gasteiger partial charge in [-0.3, -0.25) is 0 Å². The summed E-state index contributed by atoms with van der Waals surface area (Å²) >= 11 is 0. The number of ether oxygens (including phenoxy) is 1. The Morgan fingerprint density at radius 2 is 1.84 bits per heavy atom. The highest BCUT2D eigenvalue weighted by Crippen LogP contribution is 2.34. The topological polar surface area (TPSA) is 21.3 Å². The van der Waals surface area contributed by atoms with E-state index in [1.54, 1.807) is 0 Å². The summed E-state index contributed by atoms with van der Waals surface area (Å²) in [5, 5.41) is 3.97. The van der Waals surface area contributed by atoms with Gasteiger partial charge in [0.1, 0.15) is 0 Å². The molecule has 2 rings (SSSR count). The highest BCUT2D eigenvalue weighted by molar-refractivity contribution is 4.91. The van der Waals surface area contributed by atoms with Gasteiger partial charge in [0, 0.05) is 18.7 Å². The molecule has 1 aliphatic heterocycles. The third kappa shape index (κ3) is 3.72. The highest BCUT2D eigenvalue weighted by atomic mass is 16.5. The van der Waals surface area contributed by atoms with Gasteiger partial charge >= 0.3 is 0 Å². The molecule has 0 spiro atoms. The molecule has 1 saturated carbocycles. The number of hydrogen-bond acceptors (Lipinski definition) is 2. The van der Waals surface area contributed by atoms with Gasteiger partial charge in [0.2, 0.25) is 0 Å². The summed E-state index contributed by atoms with van der Waals surface area (Å²) in [5.41, 5.74) is 0.154. The Kier molecular flexibility index (Phi) is 5.30. The fourth-order valence-corrected chi connectivity index (χ4v) is 4.13. The van der Waals surface area contributed by atoms with Gasteiger partial charge in [-0.2, -0.15) is 0 Å². The van der Waals surface area contributed by atoms with Crippen LogP contribution >= 0.6 is 0 Å². The van der Waals surface area contributed by atoms with E-state index in [4.69, 9.17) is 4.74 Å². The lowest BCUT2D eigenvalue weighted by Gasteiger charge is -2.43. The Hall–Kier alpha value is -0.0800. The number of rotatable bonds is 4. The number of nitrogens with one attached hydrogen (secondary N) is 1. The normalized spacial score (nSPS) is 39.2. The molecule has 1 aliphatic carbocycles. The zero-order valence-corrected chi connectivity index (χ0v) is 13.4. The van der Waals surface area contributed by atoms with Gasteiger partial charge in [0.05, 0.1) is 5.60 Å². The molecule has 0 aromatic rings. The van der Waals surface area contributed by atoms with Gasteiger partial charge in [0.25, 0.3) is 0 Å². The molecule has 0 radical (unpaired) electrons. The summed E-state index contributed by atoms with van der Waals surface area (Å²) in [7, 11) is 0. The molecule has 4 atom stereocenters. The Morgan fingerprint density at radius 1 is 1.11 bits per heavy atom. The molecule has 1 heterocycles. The fraction of sp³-hybridized carbons (Fsp3) is 1.00. The Bertz CT molecular complexity index is 274. The molecule has 2 aliphatic rings. The lowest BCUT2D eigenvalue weighted by molar-refractivity contribution is -0.0952. The first kappa shape index (κ1) is 15.3. The second-order valence-electron chi connectivity index (χ2n) is 7.10. The lowest BCUT2D eigenvalue weighted by Crippen LogP contribution is -2.51. The molecule has 0 aromatic heterocycles. The average Bonchev–Trinajstić information content (AvgIpc) is 2.42. The van der Waals surface area contributed by atoms with E-state index < -0.39 is 0 Å². The van der Waals surface area contributed by atoms with Crippen molar-refractivity contribution in [3.8, 4) is 0 Å². The zero-order valence-electron chi connectivity index (χ0n) is 13.4. The van der Waals surface area contributed by atoms with Crippen molar-refractivity contribution in [3.05, 3.63) is 0 Å². The average molecular weight is 267 g/mol. The van der Waals surface area contributed by atoms with Crippen LogP contribution in [0.15, 0.2) is 0 Å². The first-order valence-electron chi connectivity index (χ1n) is 8.48. The van der Waals surface area contributed by atoms with E-state index in [2.05, 4.69) is 33.0 Å². The van der Waals surface area contributed by atoms with Crippen molar-refractivity contribution in [1.82, 2.24) is 5.32 Å². The second-order valence-corrected chi connectivity index (χ2v) is 7.10. The van der Waals surface area contributed by atoms with Crippen LogP contribution in [-0.2, 0) is 4.74 Å². The summed E-state index contributed by atoms with van der Waals surface area (Å²) in [6.45, 7) is 10.3. The molecule has 4 unspecified atom stereocenters. The maximum Gasteiger partial charge on any atom is 0.0692 e. The first-order chi connectivity index (χ1) is 9.08. The summed E-state index contributed by atoms with van der Waals surface area (Å²) in [6, 6.07) is 1.42. The van der Waals surface area contributed by atoms with Crippen molar-refractivity contribution >= 4 is 0 Å². The van der Waals surface area contributed by atoms with Crippen molar-refractivity contribution in [2.75, 3.05) is 6.61 Å². The van der Waals surface area contributed by atoms with Crippen LogP contribution in [-0.4, -0.2) is 24.3 Å². The standard InChI is InChI=1S/C17H33NO/c1-5-17(6-2)12-15(9-10-19-17)18-16-8-7-13(3)11-14(16)4/h13-16,18H,5-12H2,1-4H3. The van der Waals surface area contributed by atoms with Crippen molar-refractivity contribution in [2.24, 2.45) is 11.8 Å². The van der Waals surface area contributed by atoms with Crippen molar-refractivity contribution in [2.45, 2.75) is 90.3 Å². The smallest absolute Gasteiger partial charge is 0.0692 e. The molecular formula is C17H33NO. The van der Waals surface area contributed by atoms with E-state index in [-0.39, 0.29) is 5.60 Å². The van der Waals surface area contributed by atoms with Crippen LogP contribution in [0.2, 0.25) is 0 Å². The Labute approximate surface area is 119 Å². The molecule has 112 valence electrons. The molecule has 0 amide bonds. The zero-order chi connectivity index (χ0) is 13.9. The summed E-state index contributed by atoms with van der Waals surface area (Å²) in [5.74, 6) is 1.76. The Balaban J connectivity index is 1.88. The second kappa shape index (κ2) is 6.58. The van der Waals surface area contributed by atoms with Crippen molar-refractivity contribution in [1.29, 1.82) is 0 Å². The predicted molar refractivity (Wildman–Crippen MR) is 81.4 cm³/mol.